The second-order valence-electron chi connectivity index (χ2n) is 4.34. The summed E-state index contributed by atoms with van der Waals surface area (Å²) in [6, 6.07) is 8.77. The number of nitrogens with one attached hydrogen (secondary N) is 1. The average Bonchev–Trinajstić information content (AvgIpc) is 2.41. The predicted molar refractivity (Wildman–Crippen MR) is 88.4 cm³/mol. The molecular formula is C14H12Br2FNO2S. The van der Waals surface area contributed by atoms with Gasteiger partial charge in [0.1, 0.15) is 5.82 Å². The first kappa shape index (κ1) is 16.5. The largest absolute Gasteiger partial charge is 0.278 e. The quantitative estimate of drug-likeness (QED) is 0.753. The fourth-order valence-electron chi connectivity index (χ4n) is 1.86. The molecule has 0 aromatic heterocycles. The maximum atomic E-state index is 13.1. The summed E-state index contributed by atoms with van der Waals surface area (Å²) in [6.45, 7) is 1.88. The molecule has 0 fully saturated rings. The van der Waals surface area contributed by atoms with Gasteiger partial charge in [-0.25, -0.2) is 12.8 Å². The smallest absolute Gasteiger partial charge is 0.262 e. The average molecular weight is 437 g/mol. The summed E-state index contributed by atoms with van der Waals surface area (Å²) in [5.74, 6) is -0.442. The van der Waals surface area contributed by atoms with Gasteiger partial charge in [0.15, 0.2) is 0 Å². The minimum atomic E-state index is -3.73. The van der Waals surface area contributed by atoms with Crippen LogP contribution in [0.2, 0.25) is 0 Å². The lowest BCUT2D eigenvalue weighted by Gasteiger charge is -2.13. The Morgan fingerprint density at radius 2 is 1.86 bits per heavy atom. The van der Waals surface area contributed by atoms with E-state index in [1.54, 1.807) is 18.2 Å². The molecule has 0 atom stereocenters. The maximum Gasteiger partial charge on any atom is 0.262 e. The molecule has 0 aliphatic rings. The van der Waals surface area contributed by atoms with Gasteiger partial charge in [0.05, 0.1) is 10.6 Å². The van der Waals surface area contributed by atoms with E-state index >= 15 is 0 Å². The third-order valence-electron chi connectivity index (χ3n) is 2.87. The second-order valence-corrected chi connectivity index (χ2v) is 7.76. The summed E-state index contributed by atoms with van der Waals surface area (Å²) in [4.78, 5) is 0.212. The van der Waals surface area contributed by atoms with Crippen molar-refractivity contribution in [3.05, 3.63) is 56.7 Å². The number of halogens is 3. The van der Waals surface area contributed by atoms with E-state index in [9.17, 15) is 12.8 Å². The fraction of sp³-hybridized carbons (Fsp3) is 0.143. The topological polar surface area (TPSA) is 46.2 Å². The van der Waals surface area contributed by atoms with E-state index in [-0.39, 0.29) is 4.90 Å². The number of benzene rings is 2. The van der Waals surface area contributed by atoms with Gasteiger partial charge in [-0.15, -0.1) is 0 Å². The highest BCUT2D eigenvalue weighted by molar-refractivity contribution is 9.10. The van der Waals surface area contributed by atoms with Crippen molar-refractivity contribution in [2.24, 2.45) is 0 Å². The molecule has 0 spiro atoms. The zero-order chi connectivity index (χ0) is 15.6. The molecule has 0 aliphatic heterocycles. The van der Waals surface area contributed by atoms with Crippen LogP contribution in [-0.4, -0.2) is 8.42 Å². The highest BCUT2D eigenvalue weighted by atomic mass is 79.9. The van der Waals surface area contributed by atoms with E-state index in [2.05, 4.69) is 36.6 Å². The first-order valence-electron chi connectivity index (χ1n) is 6.10. The summed E-state index contributed by atoms with van der Waals surface area (Å²) in [7, 11) is -3.73. The summed E-state index contributed by atoms with van der Waals surface area (Å²) in [6.07, 6.45) is 0.584. The molecule has 0 unspecified atom stereocenters. The Morgan fingerprint density at radius 3 is 2.48 bits per heavy atom. The molecule has 3 nitrogen and oxygen atoms in total. The Hall–Kier alpha value is -0.920. The van der Waals surface area contributed by atoms with Crippen molar-refractivity contribution in [3.63, 3.8) is 0 Å². The predicted octanol–water partition coefficient (Wildman–Crippen LogP) is 4.71. The maximum absolute atomic E-state index is 13.1. The zero-order valence-corrected chi connectivity index (χ0v) is 15.0. The van der Waals surface area contributed by atoms with E-state index in [1.807, 2.05) is 6.92 Å². The zero-order valence-electron chi connectivity index (χ0n) is 11.0. The molecule has 2 rings (SSSR count). The van der Waals surface area contributed by atoms with E-state index in [4.69, 9.17) is 0 Å². The van der Waals surface area contributed by atoms with Crippen LogP contribution < -0.4 is 4.72 Å². The SMILES string of the molecule is CCc1cc(Br)ccc1S(=O)(=O)Nc1ccc(F)cc1Br. The van der Waals surface area contributed by atoms with Gasteiger partial charge >= 0.3 is 0 Å². The van der Waals surface area contributed by atoms with Crippen LogP contribution in [-0.2, 0) is 16.4 Å². The molecule has 0 amide bonds. The fourth-order valence-corrected chi connectivity index (χ4v) is 4.22. The molecule has 0 radical (unpaired) electrons. The van der Waals surface area contributed by atoms with Gasteiger partial charge in [0, 0.05) is 8.95 Å². The molecule has 0 saturated heterocycles. The molecule has 2 aromatic carbocycles. The van der Waals surface area contributed by atoms with Crippen molar-refractivity contribution in [1.29, 1.82) is 0 Å². The van der Waals surface area contributed by atoms with Crippen molar-refractivity contribution in [2.45, 2.75) is 18.2 Å². The number of rotatable bonds is 4. The summed E-state index contributed by atoms with van der Waals surface area (Å²) < 4.78 is 41.7. The number of aryl methyl sites for hydroxylation is 1. The summed E-state index contributed by atoms with van der Waals surface area (Å²) in [5, 5.41) is 0. The van der Waals surface area contributed by atoms with Crippen LogP contribution in [0.1, 0.15) is 12.5 Å². The number of hydrogen-bond donors (Lipinski definition) is 1. The van der Waals surface area contributed by atoms with E-state index < -0.39 is 15.8 Å². The third-order valence-corrected chi connectivity index (χ3v) is 5.48. The van der Waals surface area contributed by atoms with Gasteiger partial charge in [-0.2, -0.15) is 0 Å². The van der Waals surface area contributed by atoms with Gasteiger partial charge in [-0.3, -0.25) is 4.72 Å². The van der Waals surface area contributed by atoms with Crippen LogP contribution in [0.4, 0.5) is 10.1 Å². The number of sulfonamides is 1. The minimum Gasteiger partial charge on any atom is -0.278 e. The first-order valence-corrected chi connectivity index (χ1v) is 9.16. The highest BCUT2D eigenvalue weighted by Gasteiger charge is 2.19. The van der Waals surface area contributed by atoms with Crippen molar-refractivity contribution in [3.8, 4) is 0 Å². The molecule has 0 aliphatic carbocycles. The monoisotopic (exact) mass is 435 g/mol. The van der Waals surface area contributed by atoms with Crippen LogP contribution in [0.5, 0.6) is 0 Å². The Bertz CT molecular complexity index is 779. The van der Waals surface area contributed by atoms with Crippen molar-refractivity contribution < 1.29 is 12.8 Å². The van der Waals surface area contributed by atoms with Crippen LogP contribution in [0.3, 0.4) is 0 Å². The standard InChI is InChI=1S/C14H12Br2FNO2S/c1-2-9-7-10(15)3-6-14(9)21(19,20)18-13-5-4-11(17)8-12(13)16/h3-8,18H,2H2,1H3. The van der Waals surface area contributed by atoms with Crippen molar-refractivity contribution >= 4 is 47.6 Å². The molecule has 112 valence electrons. The Morgan fingerprint density at radius 1 is 1.14 bits per heavy atom. The number of anilines is 1. The lowest BCUT2D eigenvalue weighted by Crippen LogP contribution is -2.15. The second kappa shape index (κ2) is 6.46. The van der Waals surface area contributed by atoms with Crippen molar-refractivity contribution in [2.75, 3.05) is 4.72 Å². The lowest BCUT2D eigenvalue weighted by molar-refractivity contribution is 0.600. The lowest BCUT2D eigenvalue weighted by atomic mass is 10.2. The molecule has 2 aromatic rings. The van der Waals surface area contributed by atoms with Gasteiger partial charge < -0.3 is 0 Å². The summed E-state index contributed by atoms with van der Waals surface area (Å²) >= 11 is 6.47. The highest BCUT2D eigenvalue weighted by Crippen LogP contribution is 2.28. The Balaban J connectivity index is 2.43. The van der Waals surface area contributed by atoms with Crippen LogP contribution in [0.25, 0.3) is 0 Å². The third kappa shape index (κ3) is 3.84. The summed E-state index contributed by atoms with van der Waals surface area (Å²) in [5.41, 5.74) is 0.997. The van der Waals surface area contributed by atoms with Gasteiger partial charge in [-0.05, 0) is 64.3 Å². The molecule has 0 bridgehead atoms. The van der Waals surface area contributed by atoms with Crippen LogP contribution in [0, 0.1) is 5.82 Å². The Labute approximate surface area is 139 Å². The molecule has 21 heavy (non-hydrogen) atoms. The molecule has 0 saturated carbocycles. The first-order chi connectivity index (χ1) is 9.83. The van der Waals surface area contributed by atoms with Crippen LogP contribution in [0.15, 0.2) is 50.2 Å². The van der Waals surface area contributed by atoms with Gasteiger partial charge in [-0.1, -0.05) is 22.9 Å². The van der Waals surface area contributed by atoms with E-state index in [1.165, 1.54) is 18.2 Å². The molecule has 1 N–H and O–H groups in total. The molecule has 0 heterocycles. The van der Waals surface area contributed by atoms with Gasteiger partial charge in [0.25, 0.3) is 10.0 Å². The van der Waals surface area contributed by atoms with E-state index in [0.717, 1.165) is 4.47 Å². The molecular weight excluding hydrogens is 425 g/mol. The normalized spacial score (nSPS) is 11.4. The van der Waals surface area contributed by atoms with E-state index in [0.29, 0.717) is 22.1 Å². The van der Waals surface area contributed by atoms with Crippen molar-refractivity contribution in [1.82, 2.24) is 0 Å². The molecule has 7 heteroatoms. The van der Waals surface area contributed by atoms with Gasteiger partial charge in [0.2, 0.25) is 0 Å². The number of hydrogen-bond acceptors (Lipinski definition) is 2. The Kier molecular flexibility index (Phi) is 5.06. The minimum absolute atomic E-state index is 0.212. The van der Waals surface area contributed by atoms with Crippen LogP contribution >= 0.6 is 31.9 Å².